The second-order valence-corrected chi connectivity index (χ2v) is 10.1. The monoisotopic (exact) mass is 503 g/mol. The van der Waals surface area contributed by atoms with Gasteiger partial charge in [0.15, 0.2) is 0 Å². The molecule has 31 heavy (non-hydrogen) atoms. The molecule has 3 fully saturated rings. The number of nitrogens with zero attached hydrogens (tertiary/aromatic N) is 1. The summed E-state index contributed by atoms with van der Waals surface area (Å²) in [6.45, 7) is 4.50. The molecule has 0 N–H and O–H groups in total. The van der Waals surface area contributed by atoms with Crippen LogP contribution in [0.1, 0.15) is 96.3 Å². The molecule has 178 valence electrons. The summed E-state index contributed by atoms with van der Waals surface area (Å²) in [6, 6.07) is 0. The van der Waals surface area contributed by atoms with Gasteiger partial charge in [-0.3, -0.25) is 6.08 Å². The van der Waals surface area contributed by atoms with Crippen molar-refractivity contribution in [3.63, 3.8) is 0 Å². The van der Waals surface area contributed by atoms with Crippen molar-refractivity contribution >= 4 is 24.8 Å². The summed E-state index contributed by atoms with van der Waals surface area (Å²) in [7, 11) is 3.99. The van der Waals surface area contributed by atoms with Gasteiger partial charge in [-0.25, -0.2) is 5.57 Å². The second-order valence-electron chi connectivity index (χ2n) is 10.1. The van der Waals surface area contributed by atoms with Gasteiger partial charge < -0.3 is 11.8 Å². The van der Waals surface area contributed by atoms with Gasteiger partial charge in [0.2, 0.25) is 0 Å². The Balaban J connectivity index is 0.00000102. The molecule has 3 saturated carbocycles. The number of hydrogen-bond acceptors (Lipinski definition) is 1. The number of allylic oxidation sites excluding steroid dienone is 4. The summed E-state index contributed by atoms with van der Waals surface area (Å²) in [4.78, 5) is 2.01. The number of halogens is 2. The minimum atomic E-state index is 0. The molecule has 0 aliphatic heterocycles. The fraction of sp³-hybridized carbons (Fsp3) is 0.815. The maximum Gasteiger partial charge on any atom is 2.00 e. The van der Waals surface area contributed by atoms with Crippen molar-refractivity contribution in [1.82, 2.24) is 4.90 Å². The van der Waals surface area contributed by atoms with Crippen LogP contribution in [0.5, 0.6) is 0 Å². The molecule has 4 aliphatic carbocycles. The van der Waals surface area contributed by atoms with E-state index < -0.39 is 0 Å². The van der Waals surface area contributed by atoms with Crippen molar-refractivity contribution < 1.29 is 21.7 Å². The second kappa shape index (κ2) is 17.2. The predicted molar refractivity (Wildman–Crippen MR) is 136 cm³/mol. The van der Waals surface area contributed by atoms with E-state index in [1.165, 1.54) is 96.3 Å². The van der Waals surface area contributed by atoms with Crippen LogP contribution in [-0.2, 0) is 21.7 Å². The van der Waals surface area contributed by atoms with Crippen LogP contribution < -0.4 is 0 Å². The Morgan fingerprint density at radius 2 is 1.19 bits per heavy atom. The molecule has 1 nitrogen and oxygen atoms in total. The predicted octanol–water partition coefficient (Wildman–Crippen LogP) is 8.24. The van der Waals surface area contributed by atoms with Gasteiger partial charge in [0.05, 0.1) is 0 Å². The maximum atomic E-state index is 4.10. The summed E-state index contributed by atoms with van der Waals surface area (Å²) in [5.41, 5.74) is 3.53. The van der Waals surface area contributed by atoms with Crippen molar-refractivity contribution in [3.05, 3.63) is 30.2 Å². The van der Waals surface area contributed by atoms with E-state index in [4.69, 9.17) is 0 Å². The van der Waals surface area contributed by atoms with Crippen LogP contribution in [-0.4, -0.2) is 25.5 Å². The Morgan fingerprint density at radius 3 is 1.65 bits per heavy atom. The van der Waals surface area contributed by atoms with Crippen LogP contribution in [0.4, 0.5) is 0 Å². The molecule has 0 heterocycles. The number of hydrogen-bond donors (Lipinski definition) is 0. The standard InChI is InChI=1S/C23H35.C4H10N.2ClH.Ti/c1-4-10-18(11-5-1)21-16-22(19-12-6-2-7-13-19)23(17-21)20-14-8-3-9-15-20;1-4-5(2)3;;;/h16,18-21H,1-15H2;1,4H2,2-3H3;2*1H;/q2*-1;;;+2. The molecule has 0 saturated heterocycles. The zero-order valence-electron chi connectivity index (χ0n) is 20.2. The third-order valence-electron chi connectivity index (χ3n) is 7.66. The minimum Gasteiger partial charge on any atom is -0.339 e. The van der Waals surface area contributed by atoms with Gasteiger partial charge >= 0.3 is 21.7 Å². The largest absolute Gasteiger partial charge is 2.00 e. The van der Waals surface area contributed by atoms with Gasteiger partial charge in [0.25, 0.3) is 0 Å². The summed E-state index contributed by atoms with van der Waals surface area (Å²) in [5, 5.41) is 0. The quantitative estimate of drug-likeness (QED) is 0.275. The molecule has 1 unspecified atom stereocenters. The fourth-order valence-electron chi connectivity index (χ4n) is 5.85. The molecule has 4 heteroatoms. The Hall–Kier alpha value is 0.734. The van der Waals surface area contributed by atoms with E-state index in [-0.39, 0.29) is 46.5 Å². The first kappa shape index (κ1) is 31.7. The third kappa shape index (κ3) is 9.86. The first-order valence-electron chi connectivity index (χ1n) is 12.5. The average molecular weight is 504 g/mol. The normalized spacial score (nSPS) is 25.2. The van der Waals surface area contributed by atoms with Crippen molar-refractivity contribution in [2.24, 2.45) is 23.7 Å². The SMILES string of the molecule is Cl.Cl.[C-]1=C(C2CCCCC2)C(C2CCCCC2)=CC1C1CCCCC1.[CH2-]CN(C)C.[Ti+2]. The molecule has 0 bridgehead atoms. The zero-order valence-corrected chi connectivity index (χ0v) is 23.4. The molecule has 4 rings (SSSR count). The van der Waals surface area contributed by atoms with Gasteiger partial charge in [-0.05, 0) is 38.8 Å². The van der Waals surface area contributed by atoms with Crippen LogP contribution in [0.15, 0.2) is 17.2 Å². The van der Waals surface area contributed by atoms with E-state index in [1.54, 1.807) is 11.1 Å². The van der Waals surface area contributed by atoms with Gasteiger partial charge in [-0.15, -0.1) is 31.4 Å². The van der Waals surface area contributed by atoms with Crippen LogP contribution in [0.2, 0.25) is 0 Å². The number of rotatable bonds is 4. The Kier molecular flexibility index (Phi) is 17.6. The van der Waals surface area contributed by atoms with E-state index in [0.717, 1.165) is 24.3 Å². The first-order valence-corrected chi connectivity index (χ1v) is 12.5. The van der Waals surface area contributed by atoms with E-state index in [1.807, 2.05) is 19.0 Å². The summed E-state index contributed by atoms with van der Waals surface area (Å²) in [6.07, 6.45) is 28.8. The van der Waals surface area contributed by atoms with Crippen molar-refractivity contribution in [3.8, 4) is 0 Å². The zero-order chi connectivity index (χ0) is 19.8. The Labute approximate surface area is 221 Å². The molecule has 0 aromatic carbocycles. The maximum absolute atomic E-state index is 4.10. The molecular weight excluding hydrogens is 457 g/mol. The average Bonchev–Trinajstić information content (AvgIpc) is 3.22. The van der Waals surface area contributed by atoms with E-state index in [2.05, 4.69) is 19.1 Å². The molecule has 1 atom stereocenters. The van der Waals surface area contributed by atoms with Crippen molar-refractivity contribution in [2.45, 2.75) is 96.3 Å². The smallest absolute Gasteiger partial charge is 0.339 e. The molecule has 0 aromatic heterocycles. The van der Waals surface area contributed by atoms with E-state index >= 15 is 0 Å². The molecule has 4 aliphatic rings. The Bertz CT molecular complexity index is 479. The summed E-state index contributed by atoms with van der Waals surface area (Å²) in [5.74, 6) is 3.36. The van der Waals surface area contributed by atoms with Crippen LogP contribution in [0.25, 0.3) is 0 Å². The summed E-state index contributed by atoms with van der Waals surface area (Å²) >= 11 is 0. The van der Waals surface area contributed by atoms with E-state index in [0.29, 0.717) is 5.92 Å². The molecule has 0 radical (unpaired) electrons. The fourth-order valence-corrected chi connectivity index (χ4v) is 5.85. The van der Waals surface area contributed by atoms with Crippen molar-refractivity contribution in [1.29, 1.82) is 0 Å². The van der Waals surface area contributed by atoms with Gasteiger partial charge in [-0.1, -0.05) is 95.3 Å². The van der Waals surface area contributed by atoms with Gasteiger partial charge in [0.1, 0.15) is 0 Å². The minimum absolute atomic E-state index is 0. The van der Waals surface area contributed by atoms with Crippen LogP contribution >= 0.6 is 24.8 Å². The van der Waals surface area contributed by atoms with Gasteiger partial charge in [-0.2, -0.15) is 11.6 Å². The topological polar surface area (TPSA) is 3.24 Å². The van der Waals surface area contributed by atoms with Crippen LogP contribution in [0.3, 0.4) is 0 Å². The summed E-state index contributed by atoms with van der Waals surface area (Å²) < 4.78 is 0. The van der Waals surface area contributed by atoms with Crippen LogP contribution in [0, 0.1) is 36.7 Å². The van der Waals surface area contributed by atoms with Gasteiger partial charge in [0, 0.05) is 0 Å². The molecule has 0 aromatic rings. The molecule has 0 spiro atoms. The van der Waals surface area contributed by atoms with Crippen molar-refractivity contribution in [2.75, 3.05) is 20.6 Å². The molecular formula is C27H47Cl2NTi. The Morgan fingerprint density at radius 1 is 0.774 bits per heavy atom. The third-order valence-corrected chi connectivity index (χ3v) is 7.66. The first-order chi connectivity index (χ1) is 13.7. The molecule has 0 amide bonds. The van der Waals surface area contributed by atoms with E-state index in [9.17, 15) is 0 Å².